The smallest absolute Gasteiger partial charge is 0.268 e. The van der Waals surface area contributed by atoms with Crippen LogP contribution in [0.3, 0.4) is 0 Å². The van der Waals surface area contributed by atoms with E-state index in [0.717, 1.165) is 0 Å². The van der Waals surface area contributed by atoms with Gasteiger partial charge in [-0.3, -0.25) is 9.36 Å². The minimum atomic E-state index is -0.340. The van der Waals surface area contributed by atoms with Gasteiger partial charge in [-0.25, -0.2) is 9.37 Å². The second-order valence-corrected chi connectivity index (χ2v) is 5.59. The summed E-state index contributed by atoms with van der Waals surface area (Å²) in [4.78, 5) is 16.0. The molecule has 0 aliphatic heterocycles. The maximum Gasteiger partial charge on any atom is 0.268 e. The Kier molecular flexibility index (Phi) is 3.97. The zero-order valence-electron chi connectivity index (χ0n) is 9.45. The maximum absolute atomic E-state index is 13.3. The third-order valence-electron chi connectivity index (χ3n) is 2.47. The molecule has 1 aromatic carbocycles. The fourth-order valence-corrected chi connectivity index (χ4v) is 2.45. The van der Waals surface area contributed by atoms with E-state index in [4.69, 9.17) is 0 Å². The van der Waals surface area contributed by atoms with Gasteiger partial charge >= 0.3 is 0 Å². The fraction of sp³-hybridized carbons (Fsp3) is 0.167. The van der Waals surface area contributed by atoms with E-state index in [2.05, 4.69) is 36.8 Å². The molecule has 0 aliphatic carbocycles. The van der Waals surface area contributed by atoms with Crippen molar-refractivity contribution in [2.75, 3.05) is 0 Å². The lowest BCUT2D eigenvalue weighted by Gasteiger charge is -2.10. The average Bonchev–Trinajstić information content (AvgIpc) is 2.28. The Hall–Kier alpha value is -1.01. The van der Waals surface area contributed by atoms with Crippen LogP contribution in [0.4, 0.5) is 4.39 Å². The Labute approximate surface area is 120 Å². The fourth-order valence-electron chi connectivity index (χ4n) is 1.62. The molecule has 0 amide bonds. The van der Waals surface area contributed by atoms with Crippen LogP contribution in [-0.2, 0) is 6.54 Å². The highest BCUT2D eigenvalue weighted by atomic mass is 79.9. The molecule has 2 aromatic rings. The van der Waals surface area contributed by atoms with Gasteiger partial charge in [0.15, 0.2) is 0 Å². The van der Waals surface area contributed by atoms with Gasteiger partial charge in [0, 0.05) is 10.7 Å². The van der Waals surface area contributed by atoms with Gasteiger partial charge in [0.2, 0.25) is 0 Å². The molecule has 18 heavy (non-hydrogen) atoms. The van der Waals surface area contributed by atoms with Crippen LogP contribution in [0, 0.1) is 12.7 Å². The van der Waals surface area contributed by atoms with Crippen LogP contribution in [-0.4, -0.2) is 9.55 Å². The molecule has 0 radical (unpaired) electrons. The molecule has 0 spiro atoms. The third-order valence-corrected chi connectivity index (χ3v) is 3.47. The molecule has 3 nitrogen and oxygen atoms in total. The monoisotopic (exact) mass is 374 g/mol. The van der Waals surface area contributed by atoms with E-state index in [9.17, 15) is 9.18 Å². The average molecular weight is 376 g/mol. The topological polar surface area (TPSA) is 34.9 Å². The van der Waals surface area contributed by atoms with Crippen molar-refractivity contribution in [1.29, 1.82) is 0 Å². The SMILES string of the molecule is Cc1ncc(Br)c(=O)n1Cc1cc(F)cc(Br)c1. The van der Waals surface area contributed by atoms with Crippen molar-refractivity contribution in [2.24, 2.45) is 0 Å². The van der Waals surface area contributed by atoms with Gasteiger partial charge in [-0.15, -0.1) is 0 Å². The number of hydrogen-bond donors (Lipinski definition) is 0. The number of halogens is 3. The lowest BCUT2D eigenvalue weighted by molar-refractivity contribution is 0.619. The van der Waals surface area contributed by atoms with E-state index >= 15 is 0 Å². The number of nitrogens with zero attached hydrogens (tertiary/aromatic N) is 2. The van der Waals surface area contributed by atoms with Gasteiger partial charge in [-0.2, -0.15) is 0 Å². The molecular weight excluding hydrogens is 367 g/mol. The van der Waals surface area contributed by atoms with Crippen molar-refractivity contribution in [2.45, 2.75) is 13.5 Å². The predicted octanol–water partition coefficient (Wildman–Crippen LogP) is 3.26. The number of rotatable bonds is 2. The standard InChI is InChI=1S/C12H9Br2FN2O/c1-7-16-5-11(14)12(18)17(7)6-8-2-9(13)4-10(15)3-8/h2-5H,6H2,1H3. The quantitative estimate of drug-likeness (QED) is 0.807. The highest BCUT2D eigenvalue weighted by molar-refractivity contribution is 9.10. The second-order valence-electron chi connectivity index (χ2n) is 3.82. The first kappa shape index (κ1) is 13.4. The molecule has 0 N–H and O–H groups in total. The largest absolute Gasteiger partial charge is 0.291 e. The van der Waals surface area contributed by atoms with Crippen LogP contribution in [0.5, 0.6) is 0 Å². The highest BCUT2D eigenvalue weighted by Gasteiger charge is 2.07. The predicted molar refractivity (Wildman–Crippen MR) is 74.1 cm³/mol. The molecule has 0 fully saturated rings. The van der Waals surface area contributed by atoms with Crippen LogP contribution in [0.25, 0.3) is 0 Å². The molecule has 1 heterocycles. The summed E-state index contributed by atoms with van der Waals surface area (Å²) < 4.78 is 15.8. The van der Waals surface area contributed by atoms with Crippen molar-refractivity contribution < 1.29 is 4.39 Å². The van der Waals surface area contributed by atoms with E-state index in [-0.39, 0.29) is 17.9 Å². The summed E-state index contributed by atoms with van der Waals surface area (Å²) in [7, 11) is 0. The zero-order chi connectivity index (χ0) is 13.3. The minimum Gasteiger partial charge on any atom is -0.291 e. The Bertz CT molecular complexity index is 635. The van der Waals surface area contributed by atoms with Crippen LogP contribution in [0.1, 0.15) is 11.4 Å². The lowest BCUT2D eigenvalue weighted by atomic mass is 10.2. The van der Waals surface area contributed by atoms with Crippen molar-refractivity contribution >= 4 is 31.9 Å². The van der Waals surface area contributed by atoms with E-state index < -0.39 is 0 Å². The number of hydrogen-bond acceptors (Lipinski definition) is 2. The van der Waals surface area contributed by atoms with Crippen molar-refractivity contribution in [1.82, 2.24) is 9.55 Å². The van der Waals surface area contributed by atoms with E-state index in [1.807, 2.05) is 0 Å². The molecule has 0 aliphatic rings. The van der Waals surface area contributed by atoms with Gasteiger partial charge in [0.05, 0.1) is 6.54 Å². The molecule has 2 rings (SSSR count). The van der Waals surface area contributed by atoms with Crippen LogP contribution < -0.4 is 5.56 Å². The summed E-state index contributed by atoms with van der Waals surface area (Å²) in [5.74, 6) is 0.247. The first-order valence-electron chi connectivity index (χ1n) is 5.14. The van der Waals surface area contributed by atoms with Gasteiger partial charge in [0.1, 0.15) is 16.1 Å². The van der Waals surface area contributed by atoms with Crippen molar-refractivity contribution in [3.05, 3.63) is 60.9 Å². The molecule has 94 valence electrons. The Morgan fingerprint density at radius 2 is 2.06 bits per heavy atom. The molecule has 0 atom stereocenters. The summed E-state index contributed by atoms with van der Waals surface area (Å²) in [6.07, 6.45) is 1.47. The van der Waals surface area contributed by atoms with Crippen LogP contribution in [0.15, 0.2) is 38.1 Å². The van der Waals surface area contributed by atoms with Gasteiger partial charge in [-0.1, -0.05) is 15.9 Å². The first-order valence-corrected chi connectivity index (χ1v) is 6.73. The normalized spacial score (nSPS) is 10.7. The summed E-state index contributed by atoms with van der Waals surface area (Å²) in [5, 5.41) is 0. The van der Waals surface area contributed by atoms with Crippen molar-refractivity contribution in [3.63, 3.8) is 0 Å². The molecule has 0 unspecified atom stereocenters. The number of aromatic nitrogens is 2. The molecule has 0 bridgehead atoms. The number of aryl methyl sites for hydroxylation is 1. The summed E-state index contributed by atoms with van der Waals surface area (Å²) in [6, 6.07) is 4.55. The minimum absolute atomic E-state index is 0.178. The Morgan fingerprint density at radius 3 is 2.72 bits per heavy atom. The summed E-state index contributed by atoms with van der Waals surface area (Å²) in [5.41, 5.74) is 0.523. The van der Waals surface area contributed by atoms with Crippen LogP contribution >= 0.6 is 31.9 Å². The van der Waals surface area contributed by atoms with Gasteiger partial charge in [-0.05, 0) is 46.6 Å². The summed E-state index contributed by atoms with van der Waals surface area (Å²) in [6.45, 7) is 2.02. The third kappa shape index (κ3) is 2.87. The zero-order valence-corrected chi connectivity index (χ0v) is 12.6. The Morgan fingerprint density at radius 1 is 1.33 bits per heavy atom. The highest BCUT2D eigenvalue weighted by Crippen LogP contribution is 2.16. The molecule has 6 heteroatoms. The van der Waals surface area contributed by atoms with Crippen LogP contribution in [0.2, 0.25) is 0 Å². The number of benzene rings is 1. The van der Waals surface area contributed by atoms with E-state index in [0.29, 0.717) is 20.3 Å². The first-order chi connectivity index (χ1) is 8.47. The van der Waals surface area contributed by atoms with Crippen molar-refractivity contribution in [3.8, 4) is 0 Å². The maximum atomic E-state index is 13.3. The molecule has 0 saturated heterocycles. The van der Waals surface area contributed by atoms with Gasteiger partial charge in [0.25, 0.3) is 5.56 Å². The van der Waals surface area contributed by atoms with E-state index in [1.54, 1.807) is 13.0 Å². The summed E-state index contributed by atoms with van der Waals surface area (Å²) >= 11 is 6.37. The van der Waals surface area contributed by atoms with E-state index in [1.165, 1.54) is 22.9 Å². The Balaban J connectivity index is 2.46. The second kappa shape index (κ2) is 5.32. The van der Waals surface area contributed by atoms with Gasteiger partial charge < -0.3 is 0 Å². The molecule has 0 saturated carbocycles. The lowest BCUT2D eigenvalue weighted by Crippen LogP contribution is -2.24. The molecule has 1 aromatic heterocycles. The molecular formula is C12H9Br2FN2O.